The number of aromatic nitrogens is 2. The second-order valence-corrected chi connectivity index (χ2v) is 4.29. The van der Waals surface area contributed by atoms with E-state index in [-0.39, 0.29) is 5.75 Å². The van der Waals surface area contributed by atoms with Gasteiger partial charge in [0.05, 0.1) is 5.69 Å². The predicted molar refractivity (Wildman–Crippen MR) is 72.9 cm³/mol. The maximum Gasteiger partial charge on any atom is 0.573 e. The minimum Gasteiger partial charge on any atom is -0.406 e. The molecule has 0 aliphatic rings. The van der Waals surface area contributed by atoms with Crippen molar-refractivity contribution in [3.8, 4) is 17.0 Å². The van der Waals surface area contributed by atoms with Gasteiger partial charge in [-0.15, -0.1) is 13.2 Å². The van der Waals surface area contributed by atoms with Crippen molar-refractivity contribution >= 4 is 5.82 Å². The molecule has 0 aliphatic carbocycles. The number of rotatable bonds is 5. The SMILES string of the molecule is CCCNc1cc(-c2cccc(OC(F)(F)F)c2)ncn1. The van der Waals surface area contributed by atoms with Gasteiger partial charge in [-0.05, 0) is 18.6 Å². The number of halogens is 3. The van der Waals surface area contributed by atoms with E-state index in [4.69, 9.17) is 0 Å². The molecule has 0 bridgehead atoms. The summed E-state index contributed by atoms with van der Waals surface area (Å²) >= 11 is 0. The molecule has 0 radical (unpaired) electrons. The van der Waals surface area contributed by atoms with Crippen molar-refractivity contribution < 1.29 is 17.9 Å². The van der Waals surface area contributed by atoms with Crippen molar-refractivity contribution in [2.75, 3.05) is 11.9 Å². The summed E-state index contributed by atoms with van der Waals surface area (Å²) in [7, 11) is 0. The monoisotopic (exact) mass is 297 g/mol. The molecule has 1 aromatic carbocycles. The van der Waals surface area contributed by atoms with E-state index >= 15 is 0 Å². The van der Waals surface area contributed by atoms with Crippen LogP contribution in [-0.2, 0) is 0 Å². The van der Waals surface area contributed by atoms with Crippen molar-refractivity contribution in [1.29, 1.82) is 0 Å². The van der Waals surface area contributed by atoms with Crippen LogP contribution in [0.1, 0.15) is 13.3 Å². The molecular formula is C14H14F3N3O. The first-order valence-corrected chi connectivity index (χ1v) is 6.40. The number of ether oxygens (including phenoxy) is 1. The topological polar surface area (TPSA) is 47.0 Å². The van der Waals surface area contributed by atoms with Gasteiger partial charge in [0.2, 0.25) is 0 Å². The third-order valence-electron chi connectivity index (χ3n) is 2.59. The number of benzene rings is 1. The molecule has 7 heteroatoms. The second-order valence-electron chi connectivity index (χ2n) is 4.29. The third kappa shape index (κ3) is 4.62. The largest absolute Gasteiger partial charge is 0.573 e. The van der Waals surface area contributed by atoms with E-state index in [2.05, 4.69) is 20.0 Å². The molecule has 112 valence electrons. The van der Waals surface area contributed by atoms with Crippen LogP contribution in [0.5, 0.6) is 5.75 Å². The van der Waals surface area contributed by atoms with Gasteiger partial charge in [-0.25, -0.2) is 9.97 Å². The zero-order valence-corrected chi connectivity index (χ0v) is 11.3. The van der Waals surface area contributed by atoms with Gasteiger partial charge in [0.25, 0.3) is 0 Å². The van der Waals surface area contributed by atoms with Crippen molar-refractivity contribution in [2.45, 2.75) is 19.7 Å². The molecule has 0 atom stereocenters. The van der Waals surface area contributed by atoms with Gasteiger partial charge in [-0.1, -0.05) is 19.1 Å². The molecule has 1 aromatic heterocycles. The lowest BCUT2D eigenvalue weighted by Crippen LogP contribution is -2.17. The van der Waals surface area contributed by atoms with E-state index in [1.54, 1.807) is 12.1 Å². The minimum atomic E-state index is -4.71. The van der Waals surface area contributed by atoms with E-state index in [0.717, 1.165) is 13.0 Å². The lowest BCUT2D eigenvalue weighted by molar-refractivity contribution is -0.274. The first-order chi connectivity index (χ1) is 9.98. The van der Waals surface area contributed by atoms with Crippen LogP contribution in [0.3, 0.4) is 0 Å². The molecule has 0 saturated carbocycles. The van der Waals surface area contributed by atoms with Crippen LogP contribution in [0.15, 0.2) is 36.7 Å². The molecule has 0 unspecified atom stereocenters. The highest BCUT2D eigenvalue weighted by Crippen LogP contribution is 2.27. The van der Waals surface area contributed by atoms with Gasteiger partial charge in [0, 0.05) is 18.2 Å². The van der Waals surface area contributed by atoms with Crippen LogP contribution in [-0.4, -0.2) is 22.9 Å². The Kier molecular flexibility index (Phi) is 4.62. The van der Waals surface area contributed by atoms with E-state index < -0.39 is 6.36 Å². The van der Waals surface area contributed by atoms with Crippen molar-refractivity contribution in [3.05, 3.63) is 36.7 Å². The van der Waals surface area contributed by atoms with Gasteiger partial charge < -0.3 is 10.1 Å². The molecule has 21 heavy (non-hydrogen) atoms. The summed E-state index contributed by atoms with van der Waals surface area (Å²) in [6.45, 7) is 2.78. The van der Waals surface area contributed by atoms with Gasteiger partial charge in [0.15, 0.2) is 0 Å². The first kappa shape index (κ1) is 15.1. The van der Waals surface area contributed by atoms with Gasteiger partial charge in [-0.3, -0.25) is 0 Å². The van der Waals surface area contributed by atoms with Crippen LogP contribution in [0, 0.1) is 0 Å². The Bertz CT molecular complexity index is 602. The summed E-state index contributed by atoms with van der Waals surface area (Å²) in [4.78, 5) is 8.12. The van der Waals surface area contributed by atoms with Crippen LogP contribution in [0.25, 0.3) is 11.3 Å². The van der Waals surface area contributed by atoms with Crippen LogP contribution in [0.2, 0.25) is 0 Å². The van der Waals surface area contributed by atoms with Crippen molar-refractivity contribution in [1.82, 2.24) is 9.97 Å². The van der Waals surface area contributed by atoms with Crippen LogP contribution in [0.4, 0.5) is 19.0 Å². The molecule has 2 rings (SSSR count). The van der Waals surface area contributed by atoms with E-state index in [1.807, 2.05) is 6.92 Å². The molecule has 4 nitrogen and oxygen atoms in total. The standard InChI is InChI=1S/C14H14F3N3O/c1-2-6-18-13-8-12(19-9-20-13)10-4-3-5-11(7-10)21-14(15,16)17/h3-5,7-9H,2,6H2,1H3,(H,18,19,20). The Labute approximate surface area is 120 Å². The summed E-state index contributed by atoms with van der Waals surface area (Å²) < 4.78 is 40.6. The third-order valence-corrected chi connectivity index (χ3v) is 2.59. The van der Waals surface area contributed by atoms with Gasteiger partial charge >= 0.3 is 6.36 Å². The lowest BCUT2D eigenvalue weighted by atomic mass is 10.1. The molecule has 0 fully saturated rings. The zero-order chi connectivity index (χ0) is 15.3. The Morgan fingerprint density at radius 3 is 2.71 bits per heavy atom. The average molecular weight is 297 g/mol. The smallest absolute Gasteiger partial charge is 0.406 e. The first-order valence-electron chi connectivity index (χ1n) is 6.40. The molecule has 1 heterocycles. The molecule has 2 aromatic rings. The maximum atomic E-state index is 12.2. The lowest BCUT2D eigenvalue weighted by Gasteiger charge is -2.10. The highest BCUT2D eigenvalue weighted by atomic mass is 19.4. The fraction of sp³-hybridized carbons (Fsp3) is 0.286. The molecular weight excluding hydrogens is 283 g/mol. The van der Waals surface area contributed by atoms with Crippen molar-refractivity contribution in [3.63, 3.8) is 0 Å². The Balaban J connectivity index is 2.23. The maximum absolute atomic E-state index is 12.2. The Morgan fingerprint density at radius 2 is 2.00 bits per heavy atom. The summed E-state index contributed by atoms with van der Waals surface area (Å²) in [5.74, 6) is 0.352. The van der Waals surface area contributed by atoms with E-state index in [1.165, 1.54) is 24.5 Å². The predicted octanol–water partition coefficient (Wildman–Crippen LogP) is 3.86. The summed E-state index contributed by atoms with van der Waals surface area (Å²) in [6.07, 6.45) is -2.41. The number of alkyl halides is 3. The zero-order valence-electron chi connectivity index (χ0n) is 11.3. The van der Waals surface area contributed by atoms with E-state index in [9.17, 15) is 13.2 Å². The van der Waals surface area contributed by atoms with Gasteiger partial charge in [0.1, 0.15) is 17.9 Å². The van der Waals surface area contributed by atoms with Crippen LogP contribution < -0.4 is 10.1 Å². The average Bonchev–Trinajstić information content (AvgIpc) is 2.44. The molecule has 0 saturated heterocycles. The molecule has 0 aliphatic heterocycles. The number of anilines is 1. The number of hydrogen-bond donors (Lipinski definition) is 1. The van der Waals surface area contributed by atoms with Crippen LogP contribution >= 0.6 is 0 Å². The fourth-order valence-electron chi connectivity index (χ4n) is 1.72. The quantitative estimate of drug-likeness (QED) is 0.910. The number of nitrogens with zero attached hydrogens (tertiary/aromatic N) is 2. The molecule has 0 amide bonds. The van der Waals surface area contributed by atoms with E-state index in [0.29, 0.717) is 17.1 Å². The number of hydrogen-bond acceptors (Lipinski definition) is 4. The fourth-order valence-corrected chi connectivity index (χ4v) is 1.72. The highest BCUT2D eigenvalue weighted by Gasteiger charge is 2.31. The summed E-state index contributed by atoms with van der Waals surface area (Å²) in [5.41, 5.74) is 1.05. The number of nitrogens with one attached hydrogen (secondary N) is 1. The molecule has 0 spiro atoms. The Morgan fingerprint density at radius 1 is 1.19 bits per heavy atom. The summed E-state index contributed by atoms with van der Waals surface area (Å²) in [5, 5.41) is 3.09. The van der Waals surface area contributed by atoms with Gasteiger partial charge in [-0.2, -0.15) is 0 Å². The minimum absolute atomic E-state index is 0.276. The van der Waals surface area contributed by atoms with Crippen molar-refractivity contribution in [2.24, 2.45) is 0 Å². The highest BCUT2D eigenvalue weighted by molar-refractivity contribution is 5.63. The second kappa shape index (κ2) is 6.43. The summed E-state index contributed by atoms with van der Waals surface area (Å²) in [6, 6.07) is 7.36. The normalized spacial score (nSPS) is 11.2. The molecule has 1 N–H and O–H groups in total. The Hall–Kier alpha value is -2.31.